The van der Waals surface area contributed by atoms with E-state index < -0.39 is 11.8 Å². The number of aromatic amines is 1. The molecule has 7 nitrogen and oxygen atoms in total. The van der Waals surface area contributed by atoms with Gasteiger partial charge in [0.15, 0.2) is 4.77 Å². The summed E-state index contributed by atoms with van der Waals surface area (Å²) >= 11 is 5.18. The first-order chi connectivity index (χ1) is 13.0. The number of rotatable bonds is 4. The average Bonchev–Trinajstić information content (AvgIpc) is 2.69. The molecule has 0 spiro atoms. The average molecular weight is 380 g/mol. The van der Waals surface area contributed by atoms with Crippen molar-refractivity contribution in [2.75, 3.05) is 0 Å². The highest BCUT2D eigenvalue weighted by Gasteiger charge is 2.11. The molecule has 0 fully saturated rings. The summed E-state index contributed by atoms with van der Waals surface area (Å²) in [5, 5.41) is 0.398. The van der Waals surface area contributed by atoms with Crippen LogP contribution in [0.15, 0.2) is 66.0 Å². The summed E-state index contributed by atoms with van der Waals surface area (Å²) in [6.07, 6.45) is 1.58. The lowest BCUT2D eigenvalue weighted by Crippen LogP contribution is -2.41. The number of hydrogen-bond donors (Lipinski definition) is 3. The Hall–Kier alpha value is -3.52. The van der Waals surface area contributed by atoms with E-state index in [1.54, 1.807) is 36.4 Å². The minimum Gasteiger partial charge on any atom is -0.332 e. The zero-order chi connectivity index (χ0) is 19.4. The number of hydrogen-bond acceptors (Lipinski definition) is 4. The van der Waals surface area contributed by atoms with Crippen molar-refractivity contribution in [3.63, 3.8) is 0 Å². The Kier molecular flexibility index (Phi) is 5.28. The van der Waals surface area contributed by atoms with Gasteiger partial charge in [-0.25, -0.2) is 0 Å². The van der Waals surface area contributed by atoms with Gasteiger partial charge in [0.1, 0.15) is 0 Å². The fourth-order valence-electron chi connectivity index (χ4n) is 2.54. The summed E-state index contributed by atoms with van der Waals surface area (Å²) in [7, 11) is 0. The standard InChI is InChI=1S/C19H16N4O3S/c1-2-10-23-18(26)14-9-8-13(11-15(14)20-19(23)27)17(25)22-21-16(24)12-6-4-3-5-7-12/h2-9,11H,1,10H2,(H,20,27)(H,21,24)(H,22,25). The second kappa shape index (κ2) is 7.79. The Morgan fingerprint density at radius 1 is 1.07 bits per heavy atom. The minimum atomic E-state index is -0.518. The minimum absolute atomic E-state index is 0.238. The summed E-state index contributed by atoms with van der Waals surface area (Å²) in [4.78, 5) is 39.7. The number of allylic oxidation sites excluding steroid dienone is 1. The first-order valence-corrected chi connectivity index (χ1v) is 8.45. The predicted octanol–water partition coefficient (Wildman–Crippen LogP) is 2.32. The molecule has 3 N–H and O–H groups in total. The number of H-pyrrole nitrogens is 1. The molecule has 136 valence electrons. The molecule has 3 aromatic rings. The van der Waals surface area contributed by atoms with E-state index >= 15 is 0 Å². The number of benzene rings is 2. The number of fused-ring (bicyclic) bond motifs is 1. The highest BCUT2D eigenvalue weighted by atomic mass is 32.1. The molecule has 0 unspecified atom stereocenters. The molecule has 2 amide bonds. The van der Waals surface area contributed by atoms with Crippen molar-refractivity contribution in [1.29, 1.82) is 0 Å². The lowest BCUT2D eigenvalue weighted by molar-refractivity contribution is 0.0847. The second-order valence-corrected chi connectivity index (χ2v) is 6.06. The number of nitrogens with one attached hydrogen (secondary N) is 3. The van der Waals surface area contributed by atoms with E-state index in [2.05, 4.69) is 22.4 Å². The van der Waals surface area contributed by atoms with E-state index in [0.29, 0.717) is 16.5 Å². The van der Waals surface area contributed by atoms with Crippen LogP contribution in [0.5, 0.6) is 0 Å². The van der Waals surface area contributed by atoms with Crippen LogP contribution in [-0.2, 0) is 6.54 Å². The molecule has 0 radical (unpaired) electrons. The van der Waals surface area contributed by atoms with Gasteiger partial charge < -0.3 is 4.98 Å². The van der Waals surface area contributed by atoms with Gasteiger partial charge in [0, 0.05) is 17.7 Å². The molecule has 0 saturated carbocycles. The van der Waals surface area contributed by atoms with Crippen LogP contribution in [0.3, 0.4) is 0 Å². The lowest BCUT2D eigenvalue weighted by atomic mass is 10.1. The van der Waals surface area contributed by atoms with Gasteiger partial charge in [-0.15, -0.1) is 6.58 Å². The summed E-state index contributed by atoms with van der Waals surface area (Å²) < 4.78 is 1.62. The van der Waals surface area contributed by atoms with Gasteiger partial charge in [0.25, 0.3) is 17.4 Å². The number of aromatic nitrogens is 2. The van der Waals surface area contributed by atoms with Crippen LogP contribution in [0.1, 0.15) is 20.7 Å². The van der Waals surface area contributed by atoms with Gasteiger partial charge in [-0.1, -0.05) is 24.3 Å². The molecule has 1 aromatic heterocycles. The fourth-order valence-corrected chi connectivity index (χ4v) is 2.81. The van der Waals surface area contributed by atoms with E-state index in [1.807, 2.05) is 0 Å². The molecule has 8 heteroatoms. The third-order valence-electron chi connectivity index (χ3n) is 3.88. The maximum atomic E-state index is 12.5. The van der Waals surface area contributed by atoms with E-state index in [9.17, 15) is 14.4 Å². The smallest absolute Gasteiger partial charge is 0.269 e. The molecule has 0 bridgehead atoms. The Labute approximate surface area is 159 Å². The first-order valence-electron chi connectivity index (χ1n) is 8.05. The molecule has 27 heavy (non-hydrogen) atoms. The number of amides is 2. The third-order valence-corrected chi connectivity index (χ3v) is 4.20. The molecule has 0 aliphatic carbocycles. The fraction of sp³-hybridized carbons (Fsp3) is 0.0526. The van der Waals surface area contributed by atoms with Gasteiger partial charge >= 0.3 is 0 Å². The maximum absolute atomic E-state index is 12.5. The van der Waals surface area contributed by atoms with Crippen LogP contribution in [0.4, 0.5) is 0 Å². The highest BCUT2D eigenvalue weighted by Crippen LogP contribution is 2.11. The number of carbonyl (C=O) groups is 2. The van der Waals surface area contributed by atoms with Crippen molar-refractivity contribution >= 4 is 34.9 Å². The molecule has 2 aromatic carbocycles. The quantitative estimate of drug-likeness (QED) is 0.368. The Bertz CT molecular complexity index is 1150. The van der Waals surface area contributed by atoms with Gasteiger partial charge in [-0.2, -0.15) is 0 Å². The Morgan fingerprint density at radius 3 is 2.41 bits per heavy atom. The molecule has 0 atom stereocenters. The monoisotopic (exact) mass is 380 g/mol. The number of nitrogens with zero attached hydrogens (tertiary/aromatic N) is 1. The Balaban J connectivity index is 1.82. The van der Waals surface area contributed by atoms with Gasteiger partial charge in [0.2, 0.25) is 0 Å². The summed E-state index contributed by atoms with van der Waals surface area (Å²) in [6.45, 7) is 3.89. The molecular weight excluding hydrogens is 364 g/mol. The summed E-state index contributed by atoms with van der Waals surface area (Å²) in [5.74, 6) is -0.952. The largest absolute Gasteiger partial charge is 0.332 e. The molecule has 0 aliphatic rings. The van der Waals surface area contributed by atoms with Gasteiger partial charge in [-0.3, -0.25) is 29.8 Å². The number of hydrazine groups is 1. The lowest BCUT2D eigenvalue weighted by Gasteiger charge is -2.09. The Morgan fingerprint density at radius 2 is 1.74 bits per heavy atom. The maximum Gasteiger partial charge on any atom is 0.269 e. The van der Waals surface area contributed by atoms with Crippen molar-refractivity contribution in [1.82, 2.24) is 20.4 Å². The zero-order valence-corrected chi connectivity index (χ0v) is 15.0. The van der Waals surface area contributed by atoms with Crippen LogP contribution < -0.4 is 16.4 Å². The van der Waals surface area contributed by atoms with Crippen molar-refractivity contribution in [3.05, 3.63) is 87.4 Å². The van der Waals surface area contributed by atoms with Crippen LogP contribution in [-0.4, -0.2) is 21.4 Å². The predicted molar refractivity (Wildman–Crippen MR) is 105 cm³/mol. The van der Waals surface area contributed by atoms with Gasteiger partial charge in [-0.05, 0) is 42.5 Å². The topological polar surface area (TPSA) is 96.0 Å². The van der Waals surface area contributed by atoms with Crippen LogP contribution in [0.2, 0.25) is 0 Å². The van der Waals surface area contributed by atoms with Crippen molar-refractivity contribution in [3.8, 4) is 0 Å². The summed E-state index contributed by atoms with van der Waals surface area (Å²) in [6, 6.07) is 13.0. The van der Waals surface area contributed by atoms with Crippen molar-refractivity contribution < 1.29 is 9.59 Å². The van der Waals surface area contributed by atoms with Crippen molar-refractivity contribution in [2.24, 2.45) is 0 Å². The van der Waals surface area contributed by atoms with Crippen LogP contribution in [0.25, 0.3) is 10.9 Å². The van der Waals surface area contributed by atoms with Crippen LogP contribution in [0, 0.1) is 4.77 Å². The molecule has 0 saturated heterocycles. The second-order valence-electron chi connectivity index (χ2n) is 5.67. The molecule has 3 rings (SSSR count). The van der Waals surface area contributed by atoms with E-state index in [4.69, 9.17) is 12.2 Å². The van der Waals surface area contributed by atoms with Crippen molar-refractivity contribution in [2.45, 2.75) is 6.54 Å². The SMILES string of the molecule is C=CCn1c(=S)[nH]c2cc(C(=O)NNC(=O)c3ccccc3)ccc2c1=O. The molecule has 1 heterocycles. The van der Waals surface area contributed by atoms with E-state index in [1.165, 1.54) is 22.8 Å². The van der Waals surface area contributed by atoms with E-state index in [0.717, 1.165) is 0 Å². The first kappa shape index (κ1) is 18.3. The molecule has 0 aliphatic heterocycles. The summed E-state index contributed by atoms with van der Waals surface area (Å²) in [5.41, 5.74) is 5.55. The van der Waals surface area contributed by atoms with Gasteiger partial charge in [0.05, 0.1) is 10.9 Å². The molecular formula is C19H16N4O3S. The number of carbonyl (C=O) groups excluding carboxylic acids is 2. The van der Waals surface area contributed by atoms with E-state index in [-0.39, 0.29) is 22.4 Å². The highest BCUT2D eigenvalue weighted by molar-refractivity contribution is 7.71. The zero-order valence-electron chi connectivity index (χ0n) is 14.2. The van der Waals surface area contributed by atoms with Crippen LogP contribution >= 0.6 is 12.2 Å². The third kappa shape index (κ3) is 3.85. The normalized spacial score (nSPS) is 10.4.